The second-order valence-electron chi connectivity index (χ2n) is 0.667. The first kappa shape index (κ1) is 5.49. The summed E-state index contributed by atoms with van der Waals surface area (Å²) in [6.45, 7) is 0. The minimum absolute atomic E-state index is 0.218. The third-order valence-corrected chi connectivity index (χ3v) is 0.611. The van der Waals surface area contributed by atoms with Crippen molar-refractivity contribution in [3.05, 3.63) is 0 Å². The number of thiocarbonyl (C=S) groups is 1. The summed E-state index contributed by atoms with van der Waals surface area (Å²) >= 11 is 4.39. The summed E-state index contributed by atoms with van der Waals surface area (Å²) in [6, 6.07) is 0. The molecule has 0 radical (unpaired) electrons. The fourth-order valence-corrected chi connectivity index (χ4v) is 0.0559. The molecule has 0 aliphatic rings. The van der Waals surface area contributed by atoms with Gasteiger partial charge < -0.3 is 5.32 Å². The molecular weight excluding hydrogens is 98.1 g/mol. The first-order chi connectivity index (χ1) is 2.81. The molecule has 0 heterocycles. The van der Waals surface area contributed by atoms with E-state index in [1.54, 1.807) is 7.05 Å². The van der Waals surface area contributed by atoms with Crippen LogP contribution in [-0.4, -0.2) is 12.2 Å². The van der Waals surface area contributed by atoms with Gasteiger partial charge in [-0.15, -0.1) is 5.11 Å². The molecule has 0 aromatic heterocycles. The predicted molar refractivity (Wildman–Crippen MR) is 26.8 cm³/mol. The van der Waals surface area contributed by atoms with Crippen molar-refractivity contribution in [1.82, 2.24) is 5.32 Å². The standard InChI is InChI=1S/C2H5N3S/c1-4-2(6)5-3/h3H,1H3,(H,4,6). The molecule has 0 aromatic carbocycles. The van der Waals surface area contributed by atoms with Gasteiger partial charge in [-0.25, -0.2) is 5.53 Å². The highest BCUT2D eigenvalue weighted by molar-refractivity contribution is 7.80. The van der Waals surface area contributed by atoms with Crippen LogP contribution >= 0.6 is 12.2 Å². The zero-order valence-corrected chi connectivity index (χ0v) is 4.17. The monoisotopic (exact) mass is 103 g/mol. The van der Waals surface area contributed by atoms with E-state index in [4.69, 9.17) is 5.53 Å². The van der Waals surface area contributed by atoms with Gasteiger partial charge in [0.05, 0.1) is 0 Å². The molecule has 4 heteroatoms. The number of nitrogens with zero attached hydrogens (tertiary/aromatic N) is 1. The van der Waals surface area contributed by atoms with Gasteiger partial charge in [0.2, 0.25) is 5.11 Å². The summed E-state index contributed by atoms with van der Waals surface area (Å²) in [4.78, 5) is 0. The smallest absolute Gasteiger partial charge is 0.212 e. The zero-order valence-electron chi connectivity index (χ0n) is 3.36. The quantitative estimate of drug-likeness (QED) is 0.347. The molecule has 0 bridgehead atoms. The van der Waals surface area contributed by atoms with Crippen molar-refractivity contribution in [2.45, 2.75) is 0 Å². The summed E-state index contributed by atoms with van der Waals surface area (Å²) in [7, 11) is 1.63. The van der Waals surface area contributed by atoms with Gasteiger partial charge in [-0.3, -0.25) is 0 Å². The van der Waals surface area contributed by atoms with Gasteiger partial charge >= 0.3 is 0 Å². The van der Waals surface area contributed by atoms with Crippen molar-refractivity contribution in [2.75, 3.05) is 7.05 Å². The highest BCUT2D eigenvalue weighted by Gasteiger charge is 1.76. The Balaban J connectivity index is 3.23. The second-order valence-corrected chi connectivity index (χ2v) is 1.05. The van der Waals surface area contributed by atoms with Crippen LogP contribution in [-0.2, 0) is 0 Å². The molecule has 0 aliphatic carbocycles. The van der Waals surface area contributed by atoms with E-state index >= 15 is 0 Å². The minimum Gasteiger partial charge on any atom is -0.363 e. The maximum atomic E-state index is 6.23. The van der Waals surface area contributed by atoms with Crippen LogP contribution in [0.3, 0.4) is 0 Å². The molecular formula is C2H5N3S. The third kappa shape index (κ3) is 1.78. The maximum Gasteiger partial charge on any atom is 0.212 e. The molecule has 0 amide bonds. The van der Waals surface area contributed by atoms with Crippen molar-refractivity contribution in [2.24, 2.45) is 5.11 Å². The fraction of sp³-hybridized carbons (Fsp3) is 0.500. The molecule has 34 valence electrons. The first-order valence-electron chi connectivity index (χ1n) is 1.40. The lowest BCUT2D eigenvalue weighted by Crippen LogP contribution is -2.10. The van der Waals surface area contributed by atoms with Gasteiger partial charge in [-0.2, -0.15) is 0 Å². The van der Waals surface area contributed by atoms with E-state index in [0.29, 0.717) is 0 Å². The Hall–Kier alpha value is -0.510. The van der Waals surface area contributed by atoms with Crippen LogP contribution in [0.15, 0.2) is 5.11 Å². The van der Waals surface area contributed by atoms with Gasteiger partial charge in [-0.1, -0.05) is 0 Å². The van der Waals surface area contributed by atoms with Crippen molar-refractivity contribution in [3.8, 4) is 0 Å². The van der Waals surface area contributed by atoms with Crippen LogP contribution in [0.2, 0.25) is 0 Å². The number of nitrogens with one attached hydrogen (secondary N) is 2. The van der Waals surface area contributed by atoms with Crippen LogP contribution in [0.4, 0.5) is 0 Å². The van der Waals surface area contributed by atoms with E-state index < -0.39 is 0 Å². The summed E-state index contributed by atoms with van der Waals surface area (Å²) in [5.74, 6) is 0. The zero-order chi connectivity index (χ0) is 4.99. The Morgan fingerprint density at radius 2 is 2.50 bits per heavy atom. The molecule has 0 saturated heterocycles. The van der Waals surface area contributed by atoms with Gasteiger partial charge in [-0.05, 0) is 12.2 Å². The molecule has 2 N–H and O–H groups in total. The van der Waals surface area contributed by atoms with Gasteiger partial charge in [0.15, 0.2) is 0 Å². The van der Waals surface area contributed by atoms with E-state index in [2.05, 4.69) is 22.6 Å². The minimum atomic E-state index is 0.218. The molecule has 0 aliphatic heterocycles. The maximum absolute atomic E-state index is 6.23. The molecule has 0 saturated carbocycles. The van der Waals surface area contributed by atoms with Crippen molar-refractivity contribution >= 4 is 17.3 Å². The molecule has 0 spiro atoms. The fourth-order valence-electron chi connectivity index (χ4n) is 0.0559. The lowest BCUT2D eigenvalue weighted by Gasteiger charge is -1.84. The summed E-state index contributed by atoms with van der Waals surface area (Å²) in [5, 5.41) is 5.59. The topological polar surface area (TPSA) is 48.2 Å². The summed E-state index contributed by atoms with van der Waals surface area (Å²) in [5.41, 5.74) is 6.23. The third-order valence-electron chi connectivity index (χ3n) is 0.315. The Morgan fingerprint density at radius 3 is 2.50 bits per heavy atom. The van der Waals surface area contributed by atoms with Gasteiger partial charge in [0, 0.05) is 7.05 Å². The molecule has 0 unspecified atom stereocenters. The van der Waals surface area contributed by atoms with E-state index in [0.717, 1.165) is 0 Å². The lowest BCUT2D eigenvalue weighted by molar-refractivity contribution is 1.10. The normalized spacial score (nSPS) is 6.83. The molecule has 6 heavy (non-hydrogen) atoms. The van der Waals surface area contributed by atoms with E-state index in [9.17, 15) is 0 Å². The van der Waals surface area contributed by atoms with Gasteiger partial charge in [0.1, 0.15) is 0 Å². The molecule has 0 atom stereocenters. The van der Waals surface area contributed by atoms with Crippen molar-refractivity contribution in [3.63, 3.8) is 0 Å². The van der Waals surface area contributed by atoms with E-state index in [-0.39, 0.29) is 5.11 Å². The Kier molecular flexibility index (Phi) is 2.48. The van der Waals surface area contributed by atoms with Crippen LogP contribution in [0.25, 0.3) is 0 Å². The van der Waals surface area contributed by atoms with Crippen molar-refractivity contribution in [1.29, 1.82) is 5.53 Å². The summed E-state index contributed by atoms with van der Waals surface area (Å²) in [6.07, 6.45) is 0. The average molecular weight is 103 g/mol. The Morgan fingerprint density at radius 1 is 2.00 bits per heavy atom. The molecule has 0 aromatic rings. The highest BCUT2D eigenvalue weighted by atomic mass is 32.1. The highest BCUT2D eigenvalue weighted by Crippen LogP contribution is 1.65. The first-order valence-corrected chi connectivity index (χ1v) is 1.81. The number of hydrogen-bond acceptors (Lipinski definition) is 2. The van der Waals surface area contributed by atoms with Crippen LogP contribution in [0.5, 0.6) is 0 Å². The molecule has 0 rings (SSSR count). The van der Waals surface area contributed by atoms with Crippen LogP contribution in [0, 0.1) is 5.53 Å². The van der Waals surface area contributed by atoms with E-state index in [1.165, 1.54) is 0 Å². The molecule has 0 fully saturated rings. The average Bonchev–Trinajstić information content (AvgIpc) is 1.65. The Bertz CT molecular complexity index is 69.2. The predicted octanol–water partition coefficient (Wildman–Crippen LogP) is 0.522. The summed E-state index contributed by atoms with van der Waals surface area (Å²) < 4.78 is 0. The molecule has 3 nitrogen and oxygen atoms in total. The van der Waals surface area contributed by atoms with Crippen molar-refractivity contribution < 1.29 is 0 Å². The second kappa shape index (κ2) is 2.71. The number of rotatable bonds is 0. The Labute approximate surface area is 41.2 Å². The largest absolute Gasteiger partial charge is 0.363 e. The van der Waals surface area contributed by atoms with E-state index in [1.807, 2.05) is 0 Å². The SMILES string of the molecule is CNC(=S)N=N. The van der Waals surface area contributed by atoms with Gasteiger partial charge in [0.25, 0.3) is 0 Å². The van der Waals surface area contributed by atoms with Crippen LogP contribution < -0.4 is 5.32 Å². The number of hydrogen-bond donors (Lipinski definition) is 2. The lowest BCUT2D eigenvalue weighted by atomic mass is 11.1. The van der Waals surface area contributed by atoms with Crippen LogP contribution in [0.1, 0.15) is 0 Å².